The first-order valence-corrected chi connectivity index (χ1v) is 7.70. The van der Waals surface area contributed by atoms with E-state index in [1.807, 2.05) is 31.2 Å². The van der Waals surface area contributed by atoms with Gasteiger partial charge in [0.25, 0.3) is 0 Å². The number of aromatic nitrogens is 2. The van der Waals surface area contributed by atoms with Crippen molar-refractivity contribution in [3.05, 3.63) is 84.6 Å². The Bertz CT molecular complexity index is 975. The number of nitrogens with zero attached hydrogens (tertiary/aromatic N) is 2. The number of fused-ring (bicyclic) bond motifs is 1. The van der Waals surface area contributed by atoms with Crippen LogP contribution in [0.3, 0.4) is 0 Å². The second-order valence-electron chi connectivity index (χ2n) is 5.65. The van der Waals surface area contributed by atoms with Crippen LogP contribution in [0.15, 0.2) is 78.9 Å². The van der Waals surface area contributed by atoms with Gasteiger partial charge in [0.05, 0.1) is 5.69 Å². The van der Waals surface area contributed by atoms with Gasteiger partial charge in [-0.2, -0.15) is 0 Å². The number of benzene rings is 3. The monoisotopic (exact) mass is 296 g/mol. The molecule has 0 unspecified atom stereocenters. The second-order valence-corrected chi connectivity index (χ2v) is 5.65. The molecule has 4 aromatic rings. The summed E-state index contributed by atoms with van der Waals surface area (Å²) < 4.78 is 0. The third kappa shape index (κ3) is 2.71. The molecule has 0 aliphatic rings. The fourth-order valence-corrected chi connectivity index (χ4v) is 2.78. The van der Waals surface area contributed by atoms with Gasteiger partial charge in [-0.1, -0.05) is 66.7 Å². The van der Waals surface area contributed by atoms with E-state index in [1.54, 1.807) is 0 Å². The van der Waals surface area contributed by atoms with Gasteiger partial charge in [0.1, 0.15) is 0 Å². The normalized spacial score (nSPS) is 10.8. The number of aryl methyl sites for hydroxylation is 1. The van der Waals surface area contributed by atoms with E-state index in [9.17, 15) is 0 Å². The van der Waals surface area contributed by atoms with Crippen LogP contribution in [0.5, 0.6) is 0 Å². The van der Waals surface area contributed by atoms with Gasteiger partial charge in [-0.25, -0.2) is 9.97 Å². The zero-order chi connectivity index (χ0) is 15.6. The van der Waals surface area contributed by atoms with E-state index in [0.29, 0.717) is 0 Å². The molecule has 0 fully saturated rings. The van der Waals surface area contributed by atoms with Crippen molar-refractivity contribution in [1.29, 1.82) is 0 Å². The third-order valence-corrected chi connectivity index (χ3v) is 3.93. The maximum absolute atomic E-state index is 4.77. The molecule has 4 rings (SSSR count). The van der Waals surface area contributed by atoms with Crippen molar-refractivity contribution >= 4 is 10.8 Å². The van der Waals surface area contributed by atoms with E-state index in [1.165, 1.54) is 10.8 Å². The highest BCUT2D eigenvalue weighted by Gasteiger charge is 2.07. The highest BCUT2D eigenvalue weighted by Crippen LogP contribution is 2.25. The molecule has 1 heterocycles. The van der Waals surface area contributed by atoms with Crippen molar-refractivity contribution in [1.82, 2.24) is 9.97 Å². The summed E-state index contributed by atoms with van der Waals surface area (Å²) in [6.07, 6.45) is 0. The minimum absolute atomic E-state index is 0.773. The fraction of sp³-hybridized carbons (Fsp3) is 0.0476. The molecule has 0 amide bonds. The zero-order valence-electron chi connectivity index (χ0n) is 12.9. The molecule has 0 saturated heterocycles. The first-order valence-electron chi connectivity index (χ1n) is 7.70. The average molecular weight is 296 g/mol. The molecule has 2 heteroatoms. The molecule has 0 saturated carbocycles. The smallest absolute Gasteiger partial charge is 0.160 e. The molecule has 0 spiro atoms. The topological polar surface area (TPSA) is 25.8 Å². The lowest BCUT2D eigenvalue weighted by atomic mass is 10.1. The highest BCUT2D eigenvalue weighted by atomic mass is 14.9. The lowest BCUT2D eigenvalue weighted by molar-refractivity contribution is 1.12. The molecule has 23 heavy (non-hydrogen) atoms. The molecule has 0 aliphatic heterocycles. The Balaban J connectivity index is 1.86. The summed E-state index contributed by atoms with van der Waals surface area (Å²) in [6, 6.07) is 27.0. The first kappa shape index (κ1) is 13.6. The Labute approximate surface area is 135 Å². The van der Waals surface area contributed by atoms with E-state index in [0.717, 1.165) is 28.3 Å². The van der Waals surface area contributed by atoms with Gasteiger partial charge in [-0.05, 0) is 29.8 Å². The van der Waals surface area contributed by atoms with Crippen molar-refractivity contribution in [2.45, 2.75) is 6.92 Å². The lowest BCUT2D eigenvalue weighted by Gasteiger charge is -2.07. The van der Waals surface area contributed by atoms with Gasteiger partial charge in [0.2, 0.25) is 0 Å². The Hall–Kier alpha value is -3.00. The van der Waals surface area contributed by atoms with Gasteiger partial charge in [0.15, 0.2) is 5.82 Å². The molecule has 3 aromatic carbocycles. The van der Waals surface area contributed by atoms with Gasteiger partial charge in [-0.15, -0.1) is 0 Å². The number of rotatable bonds is 2. The van der Waals surface area contributed by atoms with E-state index in [-0.39, 0.29) is 0 Å². The number of hydrogen-bond donors (Lipinski definition) is 0. The minimum Gasteiger partial charge on any atom is -0.233 e. The molecular weight excluding hydrogens is 280 g/mol. The van der Waals surface area contributed by atoms with Crippen LogP contribution in [0.25, 0.3) is 33.4 Å². The van der Waals surface area contributed by atoms with Crippen LogP contribution in [0.2, 0.25) is 0 Å². The Morgan fingerprint density at radius 3 is 2.17 bits per heavy atom. The van der Waals surface area contributed by atoms with Gasteiger partial charge >= 0.3 is 0 Å². The molecular formula is C21H16N2. The standard InChI is InChI=1S/C21H16N2/c1-15-13-20(17-8-3-2-4-9-17)23-21(22-15)19-12-11-16-7-5-6-10-18(16)14-19/h2-14H,1H3. The SMILES string of the molecule is Cc1cc(-c2ccccc2)nc(-c2ccc3ccccc3c2)n1. The van der Waals surface area contributed by atoms with Gasteiger partial charge in [0, 0.05) is 16.8 Å². The van der Waals surface area contributed by atoms with Crippen LogP contribution < -0.4 is 0 Å². The summed E-state index contributed by atoms with van der Waals surface area (Å²) in [5.41, 5.74) is 4.09. The first-order chi connectivity index (χ1) is 11.3. The summed E-state index contributed by atoms with van der Waals surface area (Å²) in [7, 11) is 0. The van der Waals surface area contributed by atoms with Crippen LogP contribution in [0.1, 0.15) is 5.69 Å². The minimum atomic E-state index is 0.773. The van der Waals surface area contributed by atoms with Crippen LogP contribution >= 0.6 is 0 Å². The third-order valence-electron chi connectivity index (χ3n) is 3.93. The summed E-state index contributed by atoms with van der Waals surface area (Å²) in [5.74, 6) is 0.773. The lowest BCUT2D eigenvalue weighted by Crippen LogP contribution is -1.95. The van der Waals surface area contributed by atoms with Gasteiger partial charge in [-0.3, -0.25) is 0 Å². The van der Waals surface area contributed by atoms with Crippen LogP contribution in [-0.4, -0.2) is 9.97 Å². The molecule has 110 valence electrons. The largest absolute Gasteiger partial charge is 0.233 e. The Morgan fingerprint density at radius 2 is 1.35 bits per heavy atom. The highest BCUT2D eigenvalue weighted by molar-refractivity contribution is 5.86. The molecule has 0 radical (unpaired) electrons. The van der Waals surface area contributed by atoms with Crippen molar-refractivity contribution in [3.63, 3.8) is 0 Å². The van der Waals surface area contributed by atoms with Crippen molar-refractivity contribution in [2.75, 3.05) is 0 Å². The van der Waals surface area contributed by atoms with Crippen LogP contribution in [-0.2, 0) is 0 Å². The van der Waals surface area contributed by atoms with E-state index >= 15 is 0 Å². The predicted molar refractivity (Wildman–Crippen MR) is 95.1 cm³/mol. The maximum Gasteiger partial charge on any atom is 0.160 e. The Morgan fingerprint density at radius 1 is 0.609 bits per heavy atom. The summed E-state index contributed by atoms with van der Waals surface area (Å²) in [6.45, 7) is 2.01. The number of hydrogen-bond acceptors (Lipinski definition) is 2. The summed E-state index contributed by atoms with van der Waals surface area (Å²) in [5, 5.41) is 2.43. The fourth-order valence-electron chi connectivity index (χ4n) is 2.78. The molecule has 1 aromatic heterocycles. The maximum atomic E-state index is 4.77. The predicted octanol–water partition coefficient (Wildman–Crippen LogP) is 5.27. The van der Waals surface area contributed by atoms with E-state index in [2.05, 4.69) is 59.6 Å². The van der Waals surface area contributed by atoms with Crippen LogP contribution in [0.4, 0.5) is 0 Å². The Kier molecular flexibility index (Phi) is 3.35. The van der Waals surface area contributed by atoms with Gasteiger partial charge < -0.3 is 0 Å². The van der Waals surface area contributed by atoms with Crippen LogP contribution in [0, 0.1) is 6.92 Å². The molecule has 2 nitrogen and oxygen atoms in total. The van der Waals surface area contributed by atoms with E-state index < -0.39 is 0 Å². The second kappa shape index (κ2) is 5.65. The molecule has 0 aliphatic carbocycles. The summed E-state index contributed by atoms with van der Waals surface area (Å²) >= 11 is 0. The summed E-state index contributed by atoms with van der Waals surface area (Å²) in [4.78, 5) is 9.40. The molecule has 0 atom stereocenters. The zero-order valence-corrected chi connectivity index (χ0v) is 12.9. The van der Waals surface area contributed by atoms with E-state index in [4.69, 9.17) is 4.98 Å². The molecule has 0 N–H and O–H groups in total. The van der Waals surface area contributed by atoms with Crippen molar-refractivity contribution in [3.8, 4) is 22.6 Å². The quantitative estimate of drug-likeness (QED) is 0.503. The average Bonchev–Trinajstić information content (AvgIpc) is 2.61. The van der Waals surface area contributed by atoms with Crippen molar-refractivity contribution in [2.24, 2.45) is 0 Å². The van der Waals surface area contributed by atoms with Crippen molar-refractivity contribution < 1.29 is 0 Å². The molecule has 0 bridgehead atoms.